The SMILES string of the molecule is C=CCN(CC=C)C(=O)C1CSC(c2ccc(Cl)cc2)N1C(=O)OC(C)(C)C. The zero-order chi connectivity index (χ0) is 20.9. The first-order valence-corrected chi connectivity index (χ1v) is 10.5. The summed E-state index contributed by atoms with van der Waals surface area (Å²) in [5.74, 6) is 0.338. The fourth-order valence-corrected chi connectivity index (χ4v) is 4.43. The van der Waals surface area contributed by atoms with E-state index < -0.39 is 17.7 Å². The highest BCUT2D eigenvalue weighted by atomic mass is 35.5. The first kappa shape index (κ1) is 22.4. The van der Waals surface area contributed by atoms with Gasteiger partial charge in [0.15, 0.2) is 0 Å². The molecule has 5 nitrogen and oxygen atoms in total. The third-order valence-corrected chi connectivity index (χ3v) is 5.63. The molecule has 152 valence electrons. The van der Waals surface area contributed by atoms with Gasteiger partial charge in [0.1, 0.15) is 17.0 Å². The Labute approximate surface area is 176 Å². The summed E-state index contributed by atoms with van der Waals surface area (Å²) in [6.07, 6.45) is 2.82. The number of hydrogen-bond acceptors (Lipinski definition) is 4. The molecule has 0 radical (unpaired) electrons. The molecule has 0 aromatic heterocycles. The molecule has 1 fully saturated rings. The number of halogens is 1. The highest BCUT2D eigenvalue weighted by Crippen LogP contribution is 2.43. The van der Waals surface area contributed by atoms with Gasteiger partial charge in [0.2, 0.25) is 5.91 Å². The molecule has 1 aromatic carbocycles. The summed E-state index contributed by atoms with van der Waals surface area (Å²) in [5, 5.41) is 0.293. The van der Waals surface area contributed by atoms with Gasteiger partial charge in [-0.3, -0.25) is 9.69 Å². The second-order valence-corrected chi connectivity index (χ2v) is 9.01. The molecule has 2 unspecified atom stereocenters. The summed E-state index contributed by atoms with van der Waals surface area (Å²) in [4.78, 5) is 29.4. The molecule has 1 aliphatic rings. The van der Waals surface area contributed by atoms with E-state index in [9.17, 15) is 9.59 Å². The van der Waals surface area contributed by atoms with Crippen LogP contribution in [0, 0.1) is 0 Å². The quantitative estimate of drug-likeness (QED) is 0.612. The van der Waals surface area contributed by atoms with E-state index in [-0.39, 0.29) is 11.3 Å². The maximum absolute atomic E-state index is 13.2. The van der Waals surface area contributed by atoms with Gasteiger partial charge in [0, 0.05) is 23.9 Å². The van der Waals surface area contributed by atoms with Crippen molar-refractivity contribution in [1.29, 1.82) is 0 Å². The minimum atomic E-state index is -0.662. The highest BCUT2D eigenvalue weighted by molar-refractivity contribution is 7.99. The molecule has 2 rings (SSSR count). The lowest BCUT2D eigenvalue weighted by Crippen LogP contribution is -2.50. The van der Waals surface area contributed by atoms with Crippen LogP contribution in [0.15, 0.2) is 49.6 Å². The second-order valence-electron chi connectivity index (χ2n) is 7.46. The first-order valence-electron chi connectivity index (χ1n) is 9.07. The summed E-state index contributed by atoms with van der Waals surface area (Å²) in [7, 11) is 0. The molecular formula is C21H27ClN2O3S. The minimum absolute atomic E-state index is 0.144. The zero-order valence-corrected chi connectivity index (χ0v) is 18.1. The van der Waals surface area contributed by atoms with Crippen molar-refractivity contribution in [2.75, 3.05) is 18.8 Å². The molecule has 28 heavy (non-hydrogen) atoms. The number of rotatable bonds is 6. The molecule has 0 bridgehead atoms. The van der Waals surface area contributed by atoms with Gasteiger partial charge in [-0.05, 0) is 38.5 Å². The van der Waals surface area contributed by atoms with Crippen LogP contribution < -0.4 is 0 Å². The van der Waals surface area contributed by atoms with E-state index in [2.05, 4.69) is 13.2 Å². The van der Waals surface area contributed by atoms with Crippen LogP contribution in [-0.4, -0.2) is 52.3 Å². The number of nitrogens with zero attached hydrogens (tertiary/aromatic N) is 2. The van der Waals surface area contributed by atoms with E-state index in [1.165, 1.54) is 11.8 Å². The highest BCUT2D eigenvalue weighted by Gasteiger charge is 2.45. The lowest BCUT2D eigenvalue weighted by atomic mass is 10.1. The van der Waals surface area contributed by atoms with Crippen LogP contribution in [0.1, 0.15) is 31.7 Å². The molecule has 1 aliphatic heterocycles. The van der Waals surface area contributed by atoms with Crippen molar-refractivity contribution in [1.82, 2.24) is 9.80 Å². The largest absolute Gasteiger partial charge is 0.444 e. The number of carbonyl (C=O) groups is 2. The molecule has 1 aromatic rings. The number of benzene rings is 1. The van der Waals surface area contributed by atoms with Gasteiger partial charge in [-0.25, -0.2) is 4.79 Å². The second kappa shape index (κ2) is 9.52. The molecule has 0 aliphatic carbocycles. The van der Waals surface area contributed by atoms with Gasteiger partial charge < -0.3 is 9.64 Å². The minimum Gasteiger partial charge on any atom is -0.444 e. The Bertz CT molecular complexity index is 720. The van der Waals surface area contributed by atoms with Gasteiger partial charge in [0.05, 0.1) is 0 Å². The molecule has 2 amide bonds. The Hall–Kier alpha value is -1.92. The maximum atomic E-state index is 13.2. The summed E-state index contributed by atoms with van der Waals surface area (Å²) < 4.78 is 5.61. The number of carbonyl (C=O) groups excluding carboxylic acids is 2. The lowest BCUT2D eigenvalue weighted by molar-refractivity contribution is -0.135. The number of ether oxygens (including phenoxy) is 1. The summed E-state index contributed by atoms with van der Waals surface area (Å²) in [6.45, 7) is 13.6. The van der Waals surface area contributed by atoms with Crippen molar-refractivity contribution in [2.45, 2.75) is 37.8 Å². The van der Waals surface area contributed by atoms with Gasteiger partial charge in [-0.15, -0.1) is 24.9 Å². The monoisotopic (exact) mass is 422 g/mol. The predicted octanol–water partition coefficient (Wildman–Crippen LogP) is 4.89. The lowest BCUT2D eigenvalue weighted by Gasteiger charge is -2.33. The van der Waals surface area contributed by atoms with Crippen molar-refractivity contribution >= 4 is 35.4 Å². The average molecular weight is 423 g/mol. The Morgan fingerprint density at radius 3 is 2.32 bits per heavy atom. The predicted molar refractivity (Wildman–Crippen MR) is 115 cm³/mol. The topological polar surface area (TPSA) is 49.9 Å². The molecule has 0 N–H and O–H groups in total. The van der Waals surface area contributed by atoms with Crippen LogP contribution in [0.4, 0.5) is 4.79 Å². The number of amides is 2. The third-order valence-electron chi connectivity index (χ3n) is 4.06. The molecule has 1 heterocycles. The van der Waals surface area contributed by atoms with Crippen molar-refractivity contribution < 1.29 is 14.3 Å². The average Bonchev–Trinajstić information content (AvgIpc) is 3.05. The molecule has 0 spiro atoms. The molecule has 2 atom stereocenters. The van der Waals surface area contributed by atoms with Crippen LogP contribution in [-0.2, 0) is 9.53 Å². The first-order chi connectivity index (χ1) is 13.2. The normalized spacial score (nSPS) is 19.2. The fourth-order valence-electron chi connectivity index (χ4n) is 2.90. The van der Waals surface area contributed by atoms with Crippen LogP contribution >= 0.6 is 23.4 Å². The van der Waals surface area contributed by atoms with E-state index in [4.69, 9.17) is 16.3 Å². The van der Waals surface area contributed by atoms with Gasteiger partial charge in [-0.1, -0.05) is 35.9 Å². The van der Waals surface area contributed by atoms with Crippen LogP contribution in [0.5, 0.6) is 0 Å². The fraction of sp³-hybridized carbons (Fsp3) is 0.429. The summed E-state index contributed by atoms with van der Waals surface area (Å²) in [5.41, 5.74) is 0.235. The standard InChI is InChI=1S/C21H27ClN2O3S/c1-6-12-23(13-7-2)18(25)17-14-28-19(15-8-10-16(22)11-9-15)24(17)20(26)27-21(3,4)5/h6-11,17,19H,1-2,12-14H2,3-5H3. The number of hydrogen-bond donors (Lipinski definition) is 0. The van der Waals surface area contributed by atoms with Gasteiger partial charge in [0.25, 0.3) is 0 Å². The van der Waals surface area contributed by atoms with Crippen molar-refractivity contribution in [3.63, 3.8) is 0 Å². The van der Waals surface area contributed by atoms with E-state index in [1.807, 2.05) is 32.9 Å². The summed E-state index contributed by atoms with van der Waals surface area (Å²) in [6, 6.07) is 6.68. The van der Waals surface area contributed by atoms with Crippen molar-refractivity contribution in [3.8, 4) is 0 Å². The van der Waals surface area contributed by atoms with E-state index in [0.29, 0.717) is 23.9 Å². The Morgan fingerprint density at radius 2 is 1.82 bits per heavy atom. The van der Waals surface area contributed by atoms with E-state index in [0.717, 1.165) is 5.56 Å². The molecular weight excluding hydrogens is 396 g/mol. The van der Waals surface area contributed by atoms with E-state index >= 15 is 0 Å². The molecule has 0 saturated carbocycles. The summed E-state index contributed by atoms with van der Waals surface area (Å²) >= 11 is 7.54. The number of thioether (sulfide) groups is 1. The molecule has 7 heteroatoms. The third kappa shape index (κ3) is 5.55. The van der Waals surface area contributed by atoms with E-state index in [1.54, 1.807) is 34.1 Å². The van der Waals surface area contributed by atoms with Crippen molar-refractivity contribution in [3.05, 3.63) is 60.2 Å². The Morgan fingerprint density at radius 1 is 1.25 bits per heavy atom. The zero-order valence-electron chi connectivity index (χ0n) is 16.6. The maximum Gasteiger partial charge on any atom is 0.412 e. The van der Waals surface area contributed by atoms with Crippen molar-refractivity contribution in [2.24, 2.45) is 0 Å². The van der Waals surface area contributed by atoms with Crippen LogP contribution in [0.2, 0.25) is 5.02 Å². The van der Waals surface area contributed by atoms with Gasteiger partial charge in [-0.2, -0.15) is 0 Å². The van der Waals surface area contributed by atoms with Gasteiger partial charge >= 0.3 is 6.09 Å². The Balaban J connectivity index is 2.36. The smallest absolute Gasteiger partial charge is 0.412 e. The Kier molecular flexibility index (Phi) is 7.61. The van der Waals surface area contributed by atoms with Crippen LogP contribution in [0.25, 0.3) is 0 Å². The molecule has 1 saturated heterocycles. The van der Waals surface area contributed by atoms with Crippen LogP contribution in [0.3, 0.4) is 0 Å².